The van der Waals surface area contributed by atoms with E-state index in [2.05, 4.69) is 5.32 Å². The molecule has 214 valence electrons. The van der Waals surface area contributed by atoms with Crippen LogP contribution in [-0.2, 0) is 43.1 Å². The van der Waals surface area contributed by atoms with E-state index in [1.165, 1.54) is 14.2 Å². The first-order chi connectivity index (χ1) is 19.2. The Morgan fingerprint density at radius 1 is 0.875 bits per heavy atom. The van der Waals surface area contributed by atoms with Gasteiger partial charge in [-0.3, -0.25) is 4.79 Å². The van der Waals surface area contributed by atoms with Gasteiger partial charge in [0.25, 0.3) is 0 Å². The monoisotopic (exact) mass is 571 g/mol. The molecule has 0 aliphatic heterocycles. The van der Waals surface area contributed by atoms with Gasteiger partial charge in [0, 0.05) is 12.1 Å². The fourth-order valence-electron chi connectivity index (χ4n) is 4.05. The zero-order valence-electron chi connectivity index (χ0n) is 22.6. The number of hydrogen-bond acceptors (Lipinski definition) is 9. The molecule has 0 atom stereocenters. The van der Waals surface area contributed by atoms with Gasteiger partial charge in [0.05, 0.1) is 52.5 Å². The summed E-state index contributed by atoms with van der Waals surface area (Å²) in [6, 6.07) is 17.7. The highest BCUT2D eigenvalue weighted by Crippen LogP contribution is 2.37. The summed E-state index contributed by atoms with van der Waals surface area (Å²) in [5, 5.41) is 11.1. The van der Waals surface area contributed by atoms with Crippen molar-refractivity contribution in [1.82, 2.24) is 5.32 Å². The highest BCUT2D eigenvalue weighted by Gasteiger charge is 2.18. The maximum atomic E-state index is 12.4. The van der Waals surface area contributed by atoms with Crippen molar-refractivity contribution in [2.45, 2.75) is 19.0 Å². The van der Waals surface area contributed by atoms with E-state index in [4.69, 9.17) is 24.1 Å². The van der Waals surface area contributed by atoms with Gasteiger partial charge in [0.1, 0.15) is 5.75 Å². The van der Waals surface area contributed by atoms with E-state index in [0.717, 1.165) is 22.3 Å². The lowest BCUT2D eigenvalue weighted by Crippen LogP contribution is -2.32. The van der Waals surface area contributed by atoms with Crippen LogP contribution in [0.15, 0.2) is 60.7 Å². The van der Waals surface area contributed by atoms with E-state index in [0.29, 0.717) is 22.6 Å². The van der Waals surface area contributed by atoms with Gasteiger partial charge in [-0.25, -0.2) is 13.2 Å². The first kappa shape index (κ1) is 30.6. The van der Waals surface area contributed by atoms with Crippen LogP contribution >= 0.6 is 0 Å². The second kappa shape index (κ2) is 14.5. The maximum absolute atomic E-state index is 12.4. The van der Waals surface area contributed by atoms with Gasteiger partial charge in [0.15, 0.2) is 21.3 Å². The smallest absolute Gasteiger partial charge is 0.337 e. The Hall–Kier alpha value is -3.93. The number of sulfone groups is 1. The summed E-state index contributed by atoms with van der Waals surface area (Å²) in [6.07, 6.45) is 0. The third-order valence-corrected chi connectivity index (χ3v) is 7.36. The molecule has 0 aliphatic carbocycles. The van der Waals surface area contributed by atoms with Gasteiger partial charge < -0.3 is 29.4 Å². The molecule has 3 aromatic rings. The highest BCUT2D eigenvalue weighted by atomic mass is 32.2. The van der Waals surface area contributed by atoms with Crippen molar-refractivity contribution in [1.29, 1.82) is 0 Å². The normalized spacial score (nSPS) is 11.1. The van der Waals surface area contributed by atoms with Gasteiger partial charge in [-0.1, -0.05) is 36.4 Å². The Bertz CT molecular complexity index is 1420. The molecular weight excluding hydrogens is 538 g/mol. The Kier molecular flexibility index (Phi) is 11.1. The SMILES string of the molecule is COC(=O)c1cccc(COCc2cc(-c3ccc(CS(=O)(=O)CC(=O)NCCO)cc3)cc(OC)c2OC)c1. The first-order valence-electron chi connectivity index (χ1n) is 12.4. The average Bonchev–Trinajstić information content (AvgIpc) is 2.95. The van der Waals surface area contributed by atoms with Crippen LogP contribution < -0.4 is 14.8 Å². The van der Waals surface area contributed by atoms with E-state index < -0.39 is 27.5 Å². The molecule has 0 fully saturated rings. The third kappa shape index (κ3) is 8.54. The van der Waals surface area contributed by atoms with Gasteiger partial charge in [-0.15, -0.1) is 0 Å². The summed E-state index contributed by atoms with van der Waals surface area (Å²) < 4.78 is 46.6. The predicted octanol–water partition coefficient (Wildman–Crippen LogP) is 2.90. The fourth-order valence-corrected chi connectivity index (χ4v) is 5.35. The molecule has 0 aromatic heterocycles. The lowest BCUT2D eigenvalue weighted by molar-refractivity contribution is -0.118. The standard InChI is InChI=1S/C29H33NO9S/c1-36-26-15-24(22-9-7-20(8-10-22)18-40(34,35)19-27(32)30-11-12-31)14-25(28(26)37-2)17-39-16-21-5-4-6-23(13-21)29(33)38-3/h4-10,13-15,31H,11-12,16-19H2,1-3H3,(H,30,32). The van der Waals surface area contributed by atoms with Crippen LogP contribution in [-0.4, -0.2) is 65.6 Å². The molecule has 0 aliphatic rings. The van der Waals surface area contributed by atoms with Gasteiger partial charge in [0.2, 0.25) is 5.91 Å². The number of esters is 1. The minimum atomic E-state index is -3.68. The van der Waals surface area contributed by atoms with E-state index in [9.17, 15) is 18.0 Å². The molecule has 0 heterocycles. The molecule has 1 amide bonds. The van der Waals surface area contributed by atoms with E-state index in [1.807, 2.05) is 18.2 Å². The number of aliphatic hydroxyl groups excluding tert-OH is 1. The van der Waals surface area contributed by atoms with Crippen molar-refractivity contribution < 1.29 is 42.1 Å². The number of ether oxygens (including phenoxy) is 4. The van der Waals surface area contributed by atoms with Crippen LogP contribution in [0.25, 0.3) is 11.1 Å². The maximum Gasteiger partial charge on any atom is 0.337 e. The summed E-state index contributed by atoms with van der Waals surface area (Å²) >= 11 is 0. The summed E-state index contributed by atoms with van der Waals surface area (Å²) in [5.41, 5.74) is 4.14. The number of hydrogen-bond donors (Lipinski definition) is 2. The lowest BCUT2D eigenvalue weighted by atomic mass is 10.0. The summed E-state index contributed by atoms with van der Waals surface area (Å²) in [4.78, 5) is 23.6. The van der Waals surface area contributed by atoms with Crippen molar-refractivity contribution in [3.8, 4) is 22.6 Å². The Morgan fingerprint density at radius 3 is 2.27 bits per heavy atom. The molecule has 11 heteroatoms. The van der Waals surface area contributed by atoms with E-state index in [1.54, 1.807) is 49.6 Å². The minimum absolute atomic E-state index is 0.00395. The molecule has 40 heavy (non-hydrogen) atoms. The second-order valence-electron chi connectivity index (χ2n) is 8.86. The largest absolute Gasteiger partial charge is 0.493 e. The summed E-state index contributed by atoms with van der Waals surface area (Å²) in [5.74, 6) is -0.985. The fraction of sp³-hybridized carbons (Fsp3) is 0.310. The van der Waals surface area contributed by atoms with E-state index >= 15 is 0 Å². The molecule has 10 nitrogen and oxygen atoms in total. The third-order valence-electron chi connectivity index (χ3n) is 5.89. The Morgan fingerprint density at radius 2 is 1.62 bits per heavy atom. The van der Waals surface area contributed by atoms with Crippen LogP contribution in [0.3, 0.4) is 0 Å². The number of amides is 1. The van der Waals surface area contributed by atoms with Gasteiger partial charge in [-0.05, 0) is 46.5 Å². The zero-order chi connectivity index (χ0) is 29.1. The molecule has 0 bridgehead atoms. The number of rotatable bonds is 14. The van der Waals surface area contributed by atoms with Crippen molar-refractivity contribution in [2.75, 3.05) is 40.2 Å². The molecule has 0 saturated heterocycles. The molecule has 0 unspecified atom stereocenters. The predicted molar refractivity (Wildman–Crippen MR) is 149 cm³/mol. The summed E-state index contributed by atoms with van der Waals surface area (Å²) in [6.45, 7) is 0.193. The molecule has 0 saturated carbocycles. The number of carbonyl (C=O) groups is 2. The first-order valence-corrected chi connectivity index (χ1v) is 14.2. The van der Waals surface area contributed by atoms with Crippen molar-refractivity contribution in [3.63, 3.8) is 0 Å². The Balaban J connectivity index is 1.75. The van der Waals surface area contributed by atoms with Gasteiger partial charge in [-0.2, -0.15) is 0 Å². The van der Waals surface area contributed by atoms with Crippen molar-refractivity contribution in [2.24, 2.45) is 0 Å². The number of aliphatic hydroxyl groups is 1. The van der Waals surface area contributed by atoms with Gasteiger partial charge >= 0.3 is 5.97 Å². The van der Waals surface area contributed by atoms with Crippen LogP contribution in [0, 0.1) is 0 Å². The second-order valence-corrected chi connectivity index (χ2v) is 10.9. The molecule has 2 N–H and O–H groups in total. The van der Waals surface area contributed by atoms with Crippen molar-refractivity contribution in [3.05, 3.63) is 82.9 Å². The molecule has 3 aromatic carbocycles. The molecule has 3 rings (SSSR count). The number of benzene rings is 3. The number of carbonyl (C=O) groups excluding carboxylic acids is 2. The van der Waals surface area contributed by atoms with Crippen LogP contribution in [0.2, 0.25) is 0 Å². The number of nitrogens with one attached hydrogen (secondary N) is 1. The lowest BCUT2D eigenvalue weighted by Gasteiger charge is -2.16. The number of methoxy groups -OCH3 is 3. The molecule has 0 spiro atoms. The minimum Gasteiger partial charge on any atom is -0.493 e. The summed E-state index contributed by atoms with van der Waals surface area (Å²) in [7, 11) is 0.725. The zero-order valence-corrected chi connectivity index (χ0v) is 23.5. The highest BCUT2D eigenvalue weighted by molar-refractivity contribution is 7.91. The molecular formula is C29H33NO9S. The molecule has 0 radical (unpaired) electrons. The Labute approximate surface area is 233 Å². The quantitative estimate of drug-likeness (QED) is 0.280. The van der Waals surface area contributed by atoms with Crippen LogP contribution in [0.5, 0.6) is 11.5 Å². The van der Waals surface area contributed by atoms with Crippen LogP contribution in [0.4, 0.5) is 0 Å². The van der Waals surface area contributed by atoms with E-state index in [-0.39, 0.29) is 32.1 Å². The van der Waals surface area contributed by atoms with Crippen molar-refractivity contribution >= 4 is 21.7 Å². The average molecular weight is 572 g/mol. The topological polar surface area (TPSA) is 137 Å². The van der Waals surface area contributed by atoms with Crippen LogP contribution in [0.1, 0.15) is 27.0 Å².